The van der Waals surface area contributed by atoms with Crippen LogP contribution in [0, 0.1) is 5.92 Å². The summed E-state index contributed by atoms with van der Waals surface area (Å²) >= 11 is 24.0. The number of hydrogen-bond acceptors (Lipinski definition) is 7. The molecule has 0 fully saturated rings. The first kappa shape index (κ1) is 40.8. The number of nitrogens with one attached hydrogen (secondary N) is 2. The van der Waals surface area contributed by atoms with Crippen LogP contribution in [0.15, 0.2) is 66.7 Å². The minimum Gasteiger partial charge on any atom is -0.480 e. The van der Waals surface area contributed by atoms with Crippen LogP contribution in [0.3, 0.4) is 0 Å². The van der Waals surface area contributed by atoms with Crippen molar-refractivity contribution in [3.8, 4) is 0 Å². The van der Waals surface area contributed by atoms with Gasteiger partial charge in [-0.3, -0.25) is 24.0 Å². The Morgan fingerprint density at radius 2 is 1.14 bits per heavy atom. The van der Waals surface area contributed by atoms with E-state index in [0.717, 1.165) is 5.56 Å². The lowest BCUT2D eigenvalue weighted by atomic mass is 9.83. The summed E-state index contributed by atoms with van der Waals surface area (Å²) in [7, 11) is 0. The molecule has 49 heavy (non-hydrogen) atoms. The number of hydrogen-bond donors (Lipinski definition) is 5. The minimum absolute atomic E-state index is 0.0763. The van der Waals surface area contributed by atoms with Crippen molar-refractivity contribution in [2.24, 2.45) is 5.92 Å². The fourth-order valence-electron chi connectivity index (χ4n) is 4.41. The number of ether oxygens (including phenoxy) is 1. The summed E-state index contributed by atoms with van der Waals surface area (Å²) in [5.41, 5.74) is 0.448. The van der Waals surface area contributed by atoms with Crippen molar-refractivity contribution < 1.29 is 48.8 Å². The number of carbonyl (C=O) groups is 6. The molecule has 3 rings (SSSR count). The molecule has 262 valence electrons. The van der Waals surface area contributed by atoms with Gasteiger partial charge in [-0.15, -0.1) is 0 Å². The molecule has 0 heterocycles. The van der Waals surface area contributed by atoms with Crippen molar-refractivity contribution in [1.82, 2.24) is 10.6 Å². The Bertz CT molecular complexity index is 1560. The fourth-order valence-corrected chi connectivity index (χ4v) is 5.64. The highest BCUT2D eigenvalue weighted by molar-refractivity contribution is 6.39. The number of aliphatic carboxylic acids is 3. The molecule has 0 bridgehead atoms. The van der Waals surface area contributed by atoms with Gasteiger partial charge in [0, 0.05) is 31.2 Å². The number of halogens is 4. The quantitative estimate of drug-likeness (QED) is 0.114. The summed E-state index contributed by atoms with van der Waals surface area (Å²) in [6, 6.07) is 16.7. The Morgan fingerprint density at radius 1 is 0.694 bits per heavy atom. The minimum atomic E-state index is -1.91. The van der Waals surface area contributed by atoms with Crippen LogP contribution >= 0.6 is 46.4 Å². The van der Waals surface area contributed by atoms with Gasteiger partial charge < -0.3 is 30.7 Å². The molecule has 0 saturated carbocycles. The van der Waals surface area contributed by atoms with Gasteiger partial charge in [-0.05, 0) is 42.2 Å². The van der Waals surface area contributed by atoms with Crippen molar-refractivity contribution in [2.45, 2.75) is 44.8 Å². The van der Waals surface area contributed by atoms with E-state index in [4.69, 9.17) is 56.2 Å². The van der Waals surface area contributed by atoms with E-state index in [1.807, 2.05) is 44.2 Å². The van der Waals surface area contributed by atoms with E-state index in [1.165, 1.54) is 36.4 Å². The summed E-state index contributed by atoms with van der Waals surface area (Å²) in [6.07, 6.45) is -0.337. The summed E-state index contributed by atoms with van der Waals surface area (Å²) in [5.74, 6) is -9.74. The highest BCUT2D eigenvalue weighted by atomic mass is 35.5. The third-order valence-electron chi connectivity index (χ3n) is 6.58. The van der Waals surface area contributed by atoms with Crippen LogP contribution in [-0.4, -0.2) is 63.6 Å². The molecule has 12 nitrogen and oxygen atoms in total. The molecule has 0 aliphatic carbocycles. The highest BCUT2D eigenvalue weighted by Gasteiger charge is 2.42. The third kappa shape index (κ3) is 12.6. The van der Waals surface area contributed by atoms with Crippen LogP contribution in [0.1, 0.15) is 48.8 Å². The Labute approximate surface area is 301 Å². The predicted octanol–water partition coefficient (Wildman–Crippen LogP) is 6.43. The predicted molar refractivity (Wildman–Crippen MR) is 182 cm³/mol. The van der Waals surface area contributed by atoms with E-state index >= 15 is 0 Å². The molecule has 5 N–H and O–H groups in total. The summed E-state index contributed by atoms with van der Waals surface area (Å²) in [6.45, 7) is 3.40. The van der Waals surface area contributed by atoms with Gasteiger partial charge in [0.15, 0.2) is 5.78 Å². The Hall–Kier alpha value is -4.36. The van der Waals surface area contributed by atoms with Crippen molar-refractivity contribution in [2.75, 3.05) is 6.54 Å². The van der Waals surface area contributed by atoms with Crippen molar-refractivity contribution in [3.05, 3.63) is 104 Å². The molecule has 0 aliphatic heterocycles. The number of carbonyl (C=O) groups excluding carboxylic acids is 3. The molecule has 0 aromatic heterocycles. The van der Waals surface area contributed by atoms with Gasteiger partial charge in [0.1, 0.15) is 31.0 Å². The number of amides is 2. The van der Waals surface area contributed by atoms with Crippen LogP contribution in [0.2, 0.25) is 20.1 Å². The topological polar surface area (TPSA) is 196 Å². The van der Waals surface area contributed by atoms with Gasteiger partial charge in [0.05, 0.1) is 0 Å². The molecule has 0 saturated heterocycles. The molecule has 0 spiro atoms. The maximum Gasteiger partial charge on any atom is 0.408 e. The first-order valence-electron chi connectivity index (χ1n) is 14.4. The number of benzene rings is 3. The van der Waals surface area contributed by atoms with Crippen molar-refractivity contribution >= 4 is 82.1 Å². The average molecular weight is 758 g/mol. The third-order valence-corrected chi connectivity index (χ3v) is 7.90. The van der Waals surface area contributed by atoms with Crippen LogP contribution < -0.4 is 10.6 Å². The standard InChI is InChI=1S/C17H10Cl4O5.C16H22N2O5/c18-7-3-1-4-8(19)11(7)13(16(23)24)15(22)14(17(25)26)12-9(20)5-2-6-10(12)21;1-11(2)8-13(15(21)17-9-14(19)20)18-16(22)23-10-12-6-4-3-5-7-12/h1-6,13-14H,(H,23,24)(H,25,26);3-7,11,13H,8-10H2,1-2H3,(H,17,21)(H,18,22)(H,19,20)/t;13-/m.0/s1. The van der Waals surface area contributed by atoms with Gasteiger partial charge >= 0.3 is 24.0 Å². The van der Waals surface area contributed by atoms with E-state index in [9.17, 15) is 39.0 Å². The Kier molecular flexibility index (Phi) is 16.3. The van der Waals surface area contributed by atoms with Crippen LogP contribution in [0.5, 0.6) is 0 Å². The van der Waals surface area contributed by atoms with Crippen molar-refractivity contribution in [1.29, 1.82) is 0 Å². The number of rotatable bonds is 14. The molecule has 16 heteroatoms. The Balaban J connectivity index is 0.000000343. The lowest BCUT2D eigenvalue weighted by Gasteiger charge is -2.21. The fraction of sp³-hybridized carbons (Fsp3) is 0.273. The van der Waals surface area contributed by atoms with E-state index in [0.29, 0.717) is 6.42 Å². The zero-order valence-corrected chi connectivity index (χ0v) is 29.0. The van der Waals surface area contributed by atoms with Crippen LogP contribution in [0.25, 0.3) is 0 Å². The number of Topliss-reactive ketones (excluding diaryl/α,β-unsaturated/α-hetero) is 1. The molecular weight excluding hydrogens is 726 g/mol. The summed E-state index contributed by atoms with van der Waals surface area (Å²) in [5, 5.41) is 32.2. The number of carboxylic acids is 3. The normalized spacial score (nSPS) is 12.4. The van der Waals surface area contributed by atoms with Gasteiger partial charge in [0.2, 0.25) is 5.91 Å². The molecule has 2 unspecified atom stereocenters. The van der Waals surface area contributed by atoms with Crippen molar-refractivity contribution in [3.63, 3.8) is 0 Å². The second-order valence-corrected chi connectivity index (χ2v) is 12.3. The lowest BCUT2D eigenvalue weighted by Crippen LogP contribution is -2.48. The maximum atomic E-state index is 12.9. The van der Waals surface area contributed by atoms with E-state index in [1.54, 1.807) is 0 Å². The van der Waals surface area contributed by atoms with E-state index in [2.05, 4.69) is 10.6 Å². The smallest absolute Gasteiger partial charge is 0.408 e. The molecule has 0 radical (unpaired) electrons. The molecule has 3 aromatic rings. The van der Waals surface area contributed by atoms with Crippen LogP contribution in [-0.2, 0) is 35.3 Å². The van der Waals surface area contributed by atoms with Gasteiger partial charge in [-0.1, -0.05) is 103 Å². The van der Waals surface area contributed by atoms with Gasteiger partial charge in [-0.2, -0.15) is 0 Å². The summed E-state index contributed by atoms with van der Waals surface area (Å²) < 4.78 is 5.07. The van der Waals surface area contributed by atoms with E-state index in [-0.39, 0.29) is 43.7 Å². The zero-order chi connectivity index (χ0) is 36.8. The molecule has 3 aromatic carbocycles. The van der Waals surface area contributed by atoms with Gasteiger partial charge in [-0.25, -0.2) is 4.79 Å². The first-order chi connectivity index (χ1) is 23.0. The number of alkyl carbamates (subject to hydrolysis) is 1. The molecule has 0 aliphatic rings. The maximum absolute atomic E-state index is 12.9. The molecule has 2 amide bonds. The summed E-state index contributed by atoms with van der Waals surface area (Å²) in [4.78, 5) is 70.8. The monoisotopic (exact) mass is 756 g/mol. The number of ketones is 1. The van der Waals surface area contributed by atoms with E-state index < -0.39 is 60.1 Å². The second-order valence-electron chi connectivity index (χ2n) is 10.7. The largest absolute Gasteiger partial charge is 0.480 e. The Morgan fingerprint density at radius 3 is 1.53 bits per heavy atom. The average Bonchev–Trinajstić information content (AvgIpc) is 3.02. The second kappa shape index (κ2) is 19.6. The first-order valence-corrected chi connectivity index (χ1v) is 15.9. The van der Waals surface area contributed by atoms with Crippen LogP contribution in [0.4, 0.5) is 4.79 Å². The molecule has 3 atom stereocenters. The molecular formula is C33H32Cl4N2O10. The zero-order valence-electron chi connectivity index (χ0n) is 26.0. The van der Waals surface area contributed by atoms with Gasteiger partial charge in [0.25, 0.3) is 0 Å². The lowest BCUT2D eigenvalue weighted by molar-refractivity contribution is -0.147. The number of carboxylic acid groups (broad SMARTS) is 3. The highest BCUT2D eigenvalue weighted by Crippen LogP contribution is 2.39. The SMILES string of the molecule is CC(C)C[C@H](NC(=O)OCc1ccccc1)C(=O)NCC(=O)O.O=C(O)C(C(=O)C(C(=O)O)c1c(Cl)cccc1Cl)c1c(Cl)cccc1Cl.